The fourth-order valence-electron chi connectivity index (χ4n) is 0.231. The monoisotopic (exact) mass is 127 g/mol. The Balaban J connectivity index is 0. The van der Waals surface area contributed by atoms with E-state index in [0.29, 0.717) is 6.54 Å². The van der Waals surface area contributed by atoms with Crippen molar-refractivity contribution in [2.24, 2.45) is 0 Å². The Morgan fingerprint density at radius 1 is 1.38 bits per heavy atom. The molecule has 0 aromatic heterocycles. The van der Waals surface area contributed by atoms with Gasteiger partial charge in [-0.15, -0.1) is 0 Å². The first-order chi connectivity index (χ1) is 3.41. The molecular formula is C4H10NNaO2. The van der Waals surface area contributed by atoms with Crippen LogP contribution in [0.2, 0.25) is 0 Å². The van der Waals surface area contributed by atoms with Crippen LogP contribution in [0.15, 0.2) is 0 Å². The first-order valence-corrected chi connectivity index (χ1v) is 2.18. The third kappa shape index (κ3) is 9.99. The quantitative estimate of drug-likeness (QED) is 0.203. The van der Waals surface area contributed by atoms with Gasteiger partial charge in [-0.25, -0.2) is 6.54 Å². The zero-order valence-electron chi connectivity index (χ0n) is 5.09. The third-order valence-corrected chi connectivity index (χ3v) is 0.492. The van der Waals surface area contributed by atoms with Crippen molar-refractivity contribution in [1.82, 2.24) is 5.32 Å². The Bertz CT molecular complexity index is 33.2. The predicted molar refractivity (Wildman–Crippen MR) is 26.5 cm³/mol. The molecule has 0 aliphatic heterocycles. The van der Waals surface area contributed by atoms with Crippen LogP contribution in [-0.4, -0.2) is 30.0 Å². The van der Waals surface area contributed by atoms with Crippen molar-refractivity contribution in [2.45, 2.75) is 0 Å². The molecule has 0 aromatic carbocycles. The van der Waals surface area contributed by atoms with E-state index in [2.05, 4.69) is 5.32 Å². The van der Waals surface area contributed by atoms with Gasteiger partial charge in [0.25, 0.3) is 0 Å². The van der Waals surface area contributed by atoms with Gasteiger partial charge in [0.15, 0.2) is 0 Å². The topological polar surface area (TPSA) is 52.5 Å². The molecule has 0 saturated carbocycles. The van der Waals surface area contributed by atoms with Crippen molar-refractivity contribution in [3.63, 3.8) is 0 Å². The van der Waals surface area contributed by atoms with Crippen LogP contribution in [-0.2, 0) is 0 Å². The van der Waals surface area contributed by atoms with E-state index in [1.54, 1.807) is 0 Å². The molecule has 3 nitrogen and oxygen atoms in total. The van der Waals surface area contributed by atoms with Gasteiger partial charge in [-0.1, -0.05) is 6.61 Å². The summed E-state index contributed by atoms with van der Waals surface area (Å²) in [6, 6.07) is 0. The number of aliphatic hydroxyl groups is 2. The Morgan fingerprint density at radius 2 is 2.00 bits per heavy atom. The summed E-state index contributed by atoms with van der Waals surface area (Å²) in [5.41, 5.74) is 0. The average Bonchev–Trinajstić information content (AvgIpc) is 1.69. The van der Waals surface area contributed by atoms with E-state index in [1.807, 2.05) is 0 Å². The molecule has 0 aromatic rings. The second kappa shape index (κ2) is 10.8. The fourth-order valence-corrected chi connectivity index (χ4v) is 0.231. The summed E-state index contributed by atoms with van der Waals surface area (Å²) in [7, 11) is 0. The van der Waals surface area contributed by atoms with Crippen LogP contribution >= 0.6 is 0 Å². The van der Waals surface area contributed by atoms with Crippen molar-refractivity contribution in [1.29, 1.82) is 0 Å². The first-order valence-electron chi connectivity index (χ1n) is 2.18. The second-order valence-corrected chi connectivity index (χ2v) is 1.06. The summed E-state index contributed by atoms with van der Waals surface area (Å²) >= 11 is 0. The van der Waals surface area contributed by atoms with Crippen molar-refractivity contribution in [3.8, 4) is 0 Å². The van der Waals surface area contributed by atoms with Gasteiger partial charge in [0.05, 0.1) is 6.61 Å². The van der Waals surface area contributed by atoms with Crippen LogP contribution in [0.25, 0.3) is 0 Å². The van der Waals surface area contributed by atoms with Crippen molar-refractivity contribution in [2.75, 3.05) is 19.8 Å². The summed E-state index contributed by atoms with van der Waals surface area (Å²) in [4.78, 5) is 0. The molecule has 8 heavy (non-hydrogen) atoms. The third-order valence-electron chi connectivity index (χ3n) is 0.492. The molecule has 0 amide bonds. The Morgan fingerprint density at radius 3 is 2.38 bits per heavy atom. The van der Waals surface area contributed by atoms with Crippen LogP contribution < -0.4 is 34.9 Å². The van der Waals surface area contributed by atoms with Crippen LogP contribution in [0.1, 0.15) is 0 Å². The maximum atomic E-state index is 8.13. The van der Waals surface area contributed by atoms with Gasteiger partial charge < -0.3 is 15.5 Å². The molecular weight excluding hydrogens is 117 g/mol. The molecule has 0 heterocycles. The van der Waals surface area contributed by atoms with Gasteiger partial charge in [0.1, 0.15) is 0 Å². The smallest absolute Gasteiger partial charge is 0.466 e. The predicted octanol–water partition coefficient (Wildman–Crippen LogP) is -4.27. The largest absolute Gasteiger partial charge is 1.00 e. The SMILES string of the molecule is OC[CH-]NCCO.[Na+]. The first kappa shape index (κ1) is 11.6. The number of hydrogen-bond donors (Lipinski definition) is 3. The average molecular weight is 127 g/mol. The molecule has 0 bridgehead atoms. The van der Waals surface area contributed by atoms with Crippen molar-refractivity contribution < 1.29 is 39.8 Å². The normalized spacial score (nSPS) is 8.25. The summed E-state index contributed by atoms with van der Waals surface area (Å²) in [5, 5.41) is 18.9. The van der Waals surface area contributed by atoms with Gasteiger partial charge in [0.2, 0.25) is 0 Å². The van der Waals surface area contributed by atoms with Gasteiger partial charge in [-0.05, 0) is 6.54 Å². The van der Waals surface area contributed by atoms with Gasteiger partial charge in [0, 0.05) is 0 Å². The molecule has 0 saturated heterocycles. The maximum absolute atomic E-state index is 8.13. The van der Waals surface area contributed by atoms with E-state index < -0.39 is 0 Å². The minimum absolute atomic E-state index is 0. The molecule has 0 rings (SSSR count). The van der Waals surface area contributed by atoms with Crippen molar-refractivity contribution >= 4 is 0 Å². The minimum Gasteiger partial charge on any atom is -0.466 e. The molecule has 0 unspecified atom stereocenters. The molecule has 3 N–H and O–H groups in total. The van der Waals surface area contributed by atoms with E-state index in [4.69, 9.17) is 10.2 Å². The standard InChI is InChI=1S/C4H10NO2.Na/c6-3-1-5-2-4-7;/h1,5-7H,2-4H2;/q-1;+1. The molecule has 0 fully saturated rings. The summed E-state index contributed by atoms with van der Waals surface area (Å²) in [6.07, 6.45) is 0. The van der Waals surface area contributed by atoms with Gasteiger partial charge in [-0.2, -0.15) is 0 Å². The van der Waals surface area contributed by atoms with E-state index >= 15 is 0 Å². The number of nitrogens with one attached hydrogen (secondary N) is 1. The maximum Gasteiger partial charge on any atom is 1.00 e. The molecule has 0 aliphatic rings. The van der Waals surface area contributed by atoms with Crippen molar-refractivity contribution in [3.05, 3.63) is 6.54 Å². The molecule has 0 atom stereocenters. The summed E-state index contributed by atoms with van der Waals surface area (Å²) < 4.78 is 0. The number of aliphatic hydroxyl groups excluding tert-OH is 2. The Hall–Kier alpha value is 0.880. The summed E-state index contributed by atoms with van der Waals surface area (Å²) in [5.74, 6) is 0. The zero-order valence-corrected chi connectivity index (χ0v) is 7.09. The zero-order chi connectivity index (χ0) is 5.54. The van der Waals surface area contributed by atoms with E-state index in [9.17, 15) is 0 Å². The molecule has 44 valence electrons. The van der Waals surface area contributed by atoms with E-state index in [1.165, 1.54) is 6.54 Å². The van der Waals surface area contributed by atoms with E-state index in [0.717, 1.165) is 0 Å². The van der Waals surface area contributed by atoms with Crippen LogP contribution in [0.5, 0.6) is 0 Å². The van der Waals surface area contributed by atoms with E-state index in [-0.39, 0.29) is 42.8 Å². The molecule has 0 aliphatic carbocycles. The molecule has 4 heteroatoms. The number of hydrogen-bond acceptors (Lipinski definition) is 3. The van der Waals surface area contributed by atoms with Crippen LogP contribution in [0.3, 0.4) is 0 Å². The summed E-state index contributed by atoms with van der Waals surface area (Å²) in [6.45, 7) is 2.12. The number of rotatable bonds is 4. The molecule has 0 spiro atoms. The van der Waals surface area contributed by atoms with Crippen LogP contribution in [0.4, 0.5) is 0 Å². The Labute approximate surface area is 71.4 Å². The van der Waals surface area contributed by atoms with Gasteiger partial charge in [-0.3, -0.25) is 0 Å². The fraction of sp³-hybridized carbons (Fsp3) is 0.750. The van der Waals surface area contributed by atoms with Gasteiger partial charge >= 0.3 is 29.6 Å². The molecule has 0 radical (unpaired) electrons. The minimum atomic E-state index is 0. The van der Waals surface area contributed by atoms with Crippen LogP contribution in [0, 0.1) is 6.54 Å². The second-order valence-electron chi connectivity index (χ2n) is 1.06. The Kier molecular flexibility index (Phi) is 15.7.